The smallest absolute Gasteiger partial charge is 0.333 e. The summed E-state index contributed by atoms with van der Waals surface area (Å²) >= 11 is 0. The molecule has 0 aliphatic rings. The van der Waals surface area contributed by atoms with Crippen molar-refractivity contribution in [1.29, 1.82) is 0 Å². The van der Waals surface area contributed by atoms with E-state index in [0.29, 0.717) is 6.61 Å². The van der Waals surface area contributed by atoms with Crippen molar-refractivity contribution >= 4 is 17.9 Å². The Morgan fingerprint density at radius 2 is 1.82 bits per heavy atom. The van der Waals surface area contributed by atoms with Gasteiger partial charge in [-0.25, -0.2) is 14.4 Å². The Hall–Kier alpha value is -2.41. The Balaban J connectivity index is 0. The third-order valence-corrected chi connectivity index (χ3v) is 2.06. The predicted molar refractivity (Wildman–Crippen MR) is 80.0 cm³/mol. The summed E-state index contributed by atoms with van der Waals surface area (Å²) in [5.74, 6) is -2.02. The van der Waals surface area contributed by atoms with Crippen LogP contribution < -0.4 is 0 Å². The van der Waals surface area contributed by atoms with Gasteiger partial charge in [-0.15, -0.1) is 0 Å². The fourth-order valence-electron chi connectivity index (χ4n) is 0.889. The number of esters is 2. The zero-order valence-electron chi connectivity index (χ0n) is 12.8. The second-order valence-electron chi connectivity index (χ2n) is 3.82. The number of ether oxygens (including phenoxy) is 2. The lowest BCUT2D eigenvalue weighted by atomic mass is 10.1. The van der Waals surface area contributed by atoms with Crippen LogP contribution in [0.15, 0.2) is 36.5 Å². The molecular weight excluding hydrogens is 292 g/mol. The van der Waals surface area contributed by atoms with E-state index in [2.05, 4.69) is 22.6 Å². The summed E-state index contributed by atoms with van der Waals surface area (Å²) in [7, 11) is 0. The number of carbonyl (C=O) groups excluding carboxylic acids is 2. The highest BCUT2D eigenvalue weighted by molar-refractivity contribution is 5.89. The van der Waals surface area contributed by atoms with E-state index in [1.165, 1.54) is 13.0 Å². The van der Waals surface area contributed by atoms with Crippen LogP contribution >= 0.6 is 0 Å². The van der Waals surface area contributed by atoms with E-state index in [4.69, 9.17) is 10.2 Å². The molecule has 0 aliphatic carbocycles. The maximum atomic E-state index is 11.1. The van der Waals surface area contributed by atoms with Gasteiger partial charge in [0.15, 0.2) is 0 Å². The van der Waals surface area contributed by atoms with E-state index >= 15 is 0 Å². The molecule has 0 fully saturated rings. The first-order valence-electron chi connectivity index (χ1n) is 6.45. The largest absolute Gasteiger partial charge is 0.478 e. The fraction of sp³-hybridized carbons (Fsp3) is 0.400. The van der Waals surface area contributed by atoms with Crippen molar-refractivity contribution in [3.63, 3.8) is 0 Å². The van der Waals surface area contributed by atoms with Gasteiger partial charge in [-0.1, -0.05) is 19.2 Å². The van der Waals surface area contributed by atoms with Gasteiger partial charge in [0.05, 0.1) is 13.2 Å². The lowest BCUT2D eigenvalue weighted by molar-refractivity contribution is -0.140. The van der Waals surface area contributed by atoms with Crippen molar-refractivity contribution in [2.75, 3.05) is 19.8 Å². The number of rotatable bonds is 8. The molecule has 0 aromatic carbocycles. The zero-order valence-corrected chi connectivity index (χ0v) is 12.8. The maximum Gasteiger partial charge on any atom is 0.333 e. The number of carboxylic acids is 1. The van der Waals surface area contributed by atoms with Crippen LogP contribution in [0.1, 0.15) is 20.3 Å². The highest BCUT2D eigenvalue weighted by Crippen LogP contribution is 2.05. The monoisotopic (exact) mass is 314 g/mol. The summed E-state index contributed by atoms with van der Waals surface area (Å²) in [6.45, 7) is 9.92. The molecular formula is C15H22O7. The number of carboxylic acid groups (broad SMARTS) is 1. The van der Waals surface area contributed by atoms with Crippen LogP contribution in [-0.4, -0.2) is 47.9 Å². The molecule has 0 amide bonds. The van der Waals surface area contributed by atoms with Crippen LogP contribution in [0.25, 0.3) is 0 Å². The molecule has 7 nitrogen and oxygen atoms in total. The van der Waals surface area contributed by atoms with Gasteiger partial charge in [-0.05, 0) is 20.3 Å². The third kappa shape index (κ3) is 12.6. The number of allylic oxidation sites excluding steroid dienone is 1. The van der Waals surface area contributed by atoms with Crippen molar-refractivity contribution in [2.24, 2.45) is 0 Å². The van der Waals surface area contributed by atoms with Gasteiger partial charge in [-0.3, -0.25) is 0 Å². The summed E-state index contributed by atoms with van der Waals surface area (Å²) in [5.41, 5.74) is 0.301. The molecule has 0 bridgehead atoms. The topological polar surface area (TPSA) is 110 Å². The van der Waals surface area contributed by atoms with Gasteiger partial charge in [0.1, 0.15) is 6.61 Å². The number of aliphatic hydroxyl groups excluding tert-OH is 1. The summed E-state index contributed by atoms with van der Waals surface area (Å²) < 4.78 is 9.01. The lowest BCUT2D eigenvalue weighted by Gasteiger charge is -2.03. The van der Waals surface area contributed by atoms with Crippen LogP contribution in [0.2, 0.25) is 0 Å². The van der Waals surface area contributed by atoms with Gasteiger partial charge < -0.3 is 19.7 Å². The van der Waals surface area contributed by atoms with Crippen LogP contribution in [0.4, 0.5) is 0 Å². The van der Waals surface area contributed by atoms with Gasteiger partial charge in [-0.2, -0.15) is 0 Å². The molecule has 124 valence electrons. The Bertz CT molecular complexity index is 435. The lowest BCUT2D eigenvalue weighted by Crippen LogP contribution is -2.10. The molecule has 0 aromatic rings. The third-order valence-electron chi connectivity index (χ3n) is 2.06. The number of aliphatic hydroxyl groups is 1. The molecule has 0 unspecified atom stereocenters. The summed E-state index contributed by atoms with van der Waals surface area (Å²) in [4.78, 5) is 31.6. The van der Waals surface area contributed by atoms with Crippen LogP contribution in [0.3, 0.4) is 0 Å². The van der Waals surface area contributed by atoms with Crippen molar-refractivity contribution in [3.8, 4) is 0 Å². The normalized spacial score (nSPS) is 9.86. The van der Waals surface area contributed by atoms with Crippen molar-refractivity contribution in [3.05, 3.63) is 36.5 Å². The SMILES string of the molecule is C=C(CC=C(C)C(=O)O)C(=O)OCCO.C=CC(=O)OCC. The van der Waals surface area contributed by atoms with Crippen LogP contribution in [0.5, 0.6) is 0 Å². The Morgan fingerprint density at radius 3 is 2.18 bits per heavy atom. The van der Waals surface area contributed by atoms with Crippen molar-refractivity contribution < 1.29 is 34.1 Å². The number of carbonyl (C=O) groups is 3. The van der Waals surface area contributed by atoms with E-state index in [-0.39, 0.29) is 36.8 Å². The molecule has 0 spiro atoms. The van der Waals surface area contributed by atoms with Gasteiger partial charge in [0.2, 0.25) is 0 Å². The van der Waals surface area contributed by atoms with Gasteiger partial charge in [0.25, 0.3) is 0 Å². The maximum absolute atomic E-state index is 11.1. The molecule has 2 N–H and O–H groups in total. The number of hydrogen-bond donors (Lipinski definition) is 2. The first-order valence-corrected chi connectivity index (χ1v) is 6.45. The standard InChI is InChI=1S/C10H14O5.C5H8O2/c1-7(9(12)13)3-4-8(2)10(14)15-6-5-11;1-3-5(6)7-4-2/h3,11H,2,4-6H2,1H3,(H,12,13);3H,1,4H2,2H3. The highest BCUT2D eigenvalue weighted by Gasteiger charge is 2.07. The molecule has 7 heteroatoms. The highest BCUT2D eigenvalue weighted by atomic mass is 16.5. The minimum Gasteiger partial charge on any atom is -0.478 e. The number of hydrogen-bond acceptors (Lipinski definition) is 6. The fourth-order valence-corrected chi connectivity index (χ4v) is 0.889. The quantitative estimate of drug-likeness (QED) is 0.512. The molecule has 0 heterocycles. The Labute approximate surface area is 129 Å². The molecule has 0 aromatic heterocycles. The second kappa shape index (κ2) is 13.6. The van der Waals surface area contributed by atoms with Gasteiger partial charge >= 0.3 is 17.9 Å². The number of aliphatic carboxylic acids is 1. The van der Waals surface area contributed by atoms with E-state index in [9.17, 15) is 14.4 Å². The van der Waals surface area contributed by atoms with Gasteiger partial charge in [0, 0.05) is 17.2 Å². The molecule has 0 atom stereocenters. The minimum atomic E-state index is -1.04. The van der Waals surface area contributed by atoms with Crippen molar-refractivity contribution in [1.82, 2.24) is 0 Å². The molecule has 22 heavy (non-hydrogen) atoms. The molecule has 0 saturated heterocycles. The van der Waals surface area contributed by atoms with E-state index in [1.54, 1.807) is 6.92 Å². The predicted octanol–water partition coefficient (Wildman–Crippen LogP) is 1.23. The summed E-state index contributed by atoms with van der Waals surface area (Å²) in [6.07, 6.45) is 2.65. The molecule has 0 radical (unpaired) electrons. The summed E-state index contributed by atoms with van der Waals surface area (Å²) in [6, 6.07) is 0. The molecule has 0 rings (SSSR count). The van der Waals surface area contributed by atoms with Crippen LogP contribution in [-0.2, 0) is 23.9 Å². The van der Waals surface area contributed by atoms with Crippen LogP contribution in [0, 0.1) is 0 Å². The first-order chi connectivity index (χ1) is 10.3. The second-order valence-corrected chi connectivity index (χ2v) is 3.82. The Kier molecular flexibility index (Phi) is 13.5. The average Bonchev–Trinajstić information content (AvgIpc) is 2.50. The minimum absolute atomic E-state index is 0.0838. The molecule has 0 saturated carbocycles. The van der Waals surface area contributed by atoms with Crippen molar-refractivity contribution in [2.45, 2.75) is 20.3 Å². The first kappa shape index (κ1) is 21.9. The zero-order chi connectivity index (χ0) is 17.5. The average molecular weight is 314 g/mol. The molecule has 0 aliphatic heterocycles. The summed E-state index contributed by atoms with van der Waals surface area (Å²) in [5, 5.41) is 16.9. The van der Waals surface area contributed by atoms with E-state index in [0.717, 1.165) is 6.08 Å². The van der Waals surface area contributed by atoms with E-state index < -0.39 is 11.9 Å². The van der Waals surface area contributed by atoms with E-state index in [1.807, 2.05) is 0 Å². The Morgan fingerprint density at radius 1 is 1.23 bits per heavy atom.